The molecule has 1 aliphatic heterocycles. The van der Waals surface area contributed by atoms with Gasteiger partial charge in [0, 0.05) is 18.8 Å². The van der Waals surface area contributed by atoms with Crippen molar-refractivity contribution in [2.45, 2.75) is 17.8 Å². The van der Waals surface area contributed by atoms with Crippen LogP contribution in [0.4, 0.5) is 5.95 Å². The molecule has 0 atom stereocenters. The average molecular weight is 392 g/mol. The average Bonchev–Trinajstić information content (AvgIpc) is 3.17. The second-order valence-corrected chi connectivity index (χ2v) is 7.60. The monoisotopic (exact) mass is 391 g/mol. The lowest BCUT2D eigenvalue weighted by atomic mass is 10.2. The van der Waals surface area contributed by atoms with Crippen molar-refractivity contribution in [3.05, 3.63) is 65.2 Å². The predicted octanol–water partition coefficient (Wildman–Crippen LogP) is 3.58. The summed E-state index contributed by atoms with van der Waals surface area (Å²) in [6.45, 7) is 5.09. The van der Waals surface area contributed by atoms with Crippen LogP contribution in [0.1, 0.15) is 16.7 Å². The van der Waals surface area contributed by atoms with Crippen LogP contribution in [0.2, 0.25) is 0 Å². The first kappa shape index (κ1) is 18.5. The van der Waals surface area contributed by atoms with Gasteiger partial charge in [-0.3, -0.25) is 4.57 Å². The molecule has 6 nitrogen and oxygen atoms in total. The Hall–Kier alpha value is -2.82. The number of ether oxygens (including phenoxy) is 1. The molecule has 1 aromatic heterocycles. The second-order valence-electron chi connectivity index (χ2n) is 6.66. The predicted molar refractivity (Wildman–Crippen MR) is 110 cm³/mol. The fraction of sp³-hybridized carbons (Fsp3) is 0.286. The van der Waals surface area contributed by atoms with Crippen molar-refractivity contribution in [3.63, 3.8) is 0 Å². The lowest BCUT2D eigenvalue weighted by Crippen LogP contribution is -2.37. The molecule has 2 heterocycles. The summed E-state index contributed by atoms with van der Waals surface area (Å²) in [5, 5.41) is 18.9. The van der Waals surface area contributed by atoms with Crippen molar-refractivity contribution in [3.8, 4) is 11.8 Å². The Morgan fingerprint density at radius 1 is 1.11 bits per heavy atom. The van der Waals surface area contributed by atoms with Crippen LogP contribution in [0.3, 0.4) is 0 Å². The summed E-state index contributed by atoms with van der Waals surface area (Å²) in [5.74, 6) is 1.57. The summed E-state index contributed by atoms with van der Waals surface area (Å²) in [7, 11) is 0. The zero-order valence-corrected chi connectivity index (χ0v) is 16.5. The number of benzene rings is 2. The van der Waals surface area contributed by atoms with Crippen LogP contribution in [-0.4, -0.2) is 41.1 Å². The summed E-state index contributed by atoms with van der Waals surface area (Å²) in [6, 6.07) is 18.3. The maximum atomic E-state index is 9.11. The Balaban J connectivity index is 1.66. The second kappa shape index (κ2) is 8.46. The molecule has 2 aromatic carbocycles. The van der Waals surface area contributed by atoms with E-state index in [1.165, 1.54) is 5.56 Å². The molecule has 3 aromatic rings. The summed E-state index contributed by atoms with van der Waals surface area (Å²) < 4.78 is 7.61. The van der Waals surface area contributed by atoms with Crippen molar-refractivity contribution in [1.29, 1.82) is 5.26 Å². The normalized spacial score (nSPS) is 14.1. The van der Waals surface area contributed by atoms with E-state index in [-0.39, 0.29) is 0 Å². The fourth-order valence-corrected chi connectivity index (χ4v) is 4.09. The van der Waals surface area contributed by atoms with E-state index >= 15 is 0 Å². The van der Waals surface area contributed by atoms with Crippen LogP contribution < -0.4 is 4.90 Å². The summed E-state index contributed by atoms with van der Waals surface area (Å²) in [6.07, 6.45) is 0. The number of anilines is 1. The minimum atomic E-state index is 0.673. The number of nitrogens with zero attached hydrogens (tertiary/aromatic N) is 5. The quantitative estimate of drug-likeness (QED) is 0.620. The van der Waals surface area contributed by atoms with E-state index < -0.39 is 0 Å². The minimum absolute atomic E-state index is 0.673. The van der Waals surface area contributed by atoms with E-state index in [0.717, 1.165) is 41.2 Å². The van der Waals surface area contributed by atoms with Crippen molar-refractivity contribution in [2.75, 3.05) is 31.2 Å². The van der Waals surface area contributed by atoms with Gasteiger partial charge >= 0.3 is 0 Å². The number of nitriles is 1. The highest BCUT2D eigenvalue weighted by Gasteiger charge is 2.21. The van der Waals surface area contributed by atoms with Gasteiger partial charge in [-0.25, -0.2) is 0 Å². The van der Waals surface area contributed by atoms with Gasteiger partial charge in [0.05, 0.1) is 30.5 Å². The summed E-state index contributed by atoms with van der Waals surface area (Å²) >= 11 is 1.63. The SMILES string of the molecule is Cc1cccc(-n2c(SCc3cccc(C#N)c3)nnc2N2CCOCC2)c1. The highest BCUT2D eigenvalue weighted by Crippen LogP contribution is 2.29. The molecule has 1 fully saturated rings. The number of rotatable bonds is 5. The summed E-state index contributed by atoms with van der Waals surface area (Å²) in [5.41, 5.74) is 4.01. The number of morpholine rings is 1. The standard InChI is InChI=1S/C21H21N5OS/c1-16-4-2-7-19(12-16)26-20(25-8-10-27-11-9-25)23-24-21(26)28-15-18-6-3-5-17(13-18)14-22/h2-7,12-13H,8-11,15H2,1H3. The number of thioether (sulfide) groups is 1. The third kappa shape index (κ3) is 4.03. The van der Waals surface area contributed by atoms with E-state index in [1.807, 2.05) is 24.3 Å². The zero-order valence-electron chi connectivity index (χ0n) is 15.7. The van der Waals surface area contributed by atoms with E-state index in [0.29, 0.717) is 18.8 Å². The molecular formula is C21H21N5OS. The van der Waals surface area contributed by atoms with E-state index in [1.54, 1.807) is 11.8 Å². The largest absolute Gasteiger partial charge is 0.378 e. The molecule has 4 rings (SSSR count). The molecule has 0 bridgehead atoms. The van der Waals surface area contributed by atoms with Gasteiger partial charge in [-0.05, 0) is 42.3 Å². The topological polar surface area (TPSA) is 67.0 Å². The molecule has 7 heteroatoms. The van der Waals surface area contributed by atoms with Crippen LogP contribution in [0.25, 0.3) is 5.69 Å². The first-order valence-electron chi connectivity index (χ1n) is 9.21. The van der Waals surface area contributed by atoms with E-state index in [2.05, 4.69) is 56.9 Å². The number of aryl methyl sites for hydroxylation is 1. The third-order valence-corrected chi connectivity index (χ3v) is 5.59. The van der Waals surface area contributed by atoms with Gasteiger partial charge in [0.2, 0.25) is 5.95 Å². The van der Waals surface area contributed by atoms with Gasteiger partial charge < -0.3 is 9.64 Å². The molecule has 0 saturated carbocycles. The molecule has 0 radical (unpaired) electrons. The molecule has 0 aliphatic carbocycles. The molecule has 1 aliphatic rings. The number of hydrogen-bond acceptors (Lipinski definition) is 6. The number of aromatic nitrogens is 3. The van der Waals surface area contributed by atoms with Gasteiger partial charge in [0.25, 0.3) is 0 Å². The molecule has 0 amide bonds. The molecule has 0 spiro atoms. The van der Waals surface area contributed by atoms with Crippen LogP contribution in [0, 0.1) is 18.3 Å². The fourth-order valence-electron chi connectivity index (χ4n) is 3.20. The van der Waals surface area contributed by atoms with E-state index in [4.69, 9.17) is 10.00 Å². The van der Waals surface area contributed by atoms with Crippen molar-refractivity contribution < 1.29 is 4.74 Å². The van der Waals surface area contributed by atoms with Gasteiger partial charge in [0.1, 0.15) is 0 Å². The van der Waals surface area contributed by atoms with Crippen LogP contribution in [-0.2, 0) is 10.5 Å². The zero-order chi connectivity index (χ0) is 19.3. The smallest absolute Gasteiger partial charge is 0.232 e. The maximum absolute atomic E-state index is 9.11. The summed E-state index contributed by atoms with van der Waals surface area (Å²) in [4.78, 5) is 2.22. The number of hydrogen-bond donors (Lipinski definition) is 0. The molecule has 0 unspecified atom stereocenters. The minimum Gasteiger partial charge on any atom is -0.378 e. The third-order valence-electron chi connectivity index (χ3n) is 4.59. The first-order valence-corrected chi connectivity index (χ1v) is 10.2. The molecule has 1 saturated heterocycles. The van der Waals surface area contributed by atoms with Crippen LogP contribution in [0.15, 0.2) is 53.7 Å². The Morgan fingerprint density at radius 2 is 1.93 bits per heavy atom. The maximum Gasteiger partial charge on any atom is 0.232 e. The molecule has 28 heavy (non-hydrogen) atoms. The molecular weight excluding hydrogens is 370 g/mol. The Labute approximate surface area is 168 Å². The molecule has 142 valence electrons. The van der Waals surface area contributed by atoms with Gasteiger partial charge in [-0.1, -0.05) is 36.0 Å². The Kier molecular flexibility index (Phi) is 5.60. The van der Waals surface area contributed by atoms with Gasteiger partial charge in [-0.15, -0.1) is 10.2 Å². The van der Waals surface area contributed by atoms with Gasteiger partial charge in [0.15, 0.2) is 5.16 Å². The van der Waals surface area contributed by atoms with Crippen molar-refractivity contribution >= 4 is 17.7 Å². The lowest BCUT2D eigenvalue weighted by molar-refractivity contribution is 0.122. The highest BCUT2D eigenvalue weighted by molar-refractivity contribution is 7.98. The van der Waals surface area contributed by atoms with Crippen molar-refractivity contribution in [2.24, 2.45) is 0 Å². The van der Waals surface area contributed by atoms with Crippen LogP contribution in [0.5, 0.6) is 0 Å². The first-order chi connectivity index (χ1) is 13.7. The Bertz CT molecular complexity index is 1000. The highest BCUT2D eigenvalue weighted by atomic mass is 32.2. The van der Waals surface area contributed by atoms with Crippen LogP contribution >= 0.6 is 11.8 Å². The van der Waals surface area contributed by atoms with Gasteiger partial charge in [-0.2, -0.15) is 5.26 Å². The Morgan fingerprint density at radius 3 is 2.71 bits per heavy atom. The van der Waals surface area contributed by atoms with Crippen molar-refractivity contribution in [1.82, 2.24) is 14.8 Å². The lowest BCUT2D eigenvalue weighted by Gasteiger charge is -2.28. The molecule has 0 N–H and O–H groups in total. The van der Waals surface area contributed by atoms with E-state index in [9.17, 15) is 0 Å².